The van der Waals surface area contributed by atoms with Crippen molar-refractivity contribution in [1.82, 2.24) is 14.3 Å². The van der Waals surface area contributed by atoms with Crippen molar-refractivity contribution in [3.63, 3.8) is 0 Å². The lowest BCUT2D eigenvalue weighted by molar-refractivity contribution is 0.561. The Kier molecular flexibility index (Phi) is 4.57. The van der Waals surface area contributed by atoms with E-state index in [1.165, 1.54) is 10.9 Å². The van der Waals surface area contributed by atoms with Gasteiger partial charge in [-0.15, -0.1) is 6.42 Å². The van der Waals surface area contributed by atoms with Crippen molar-refractivity contribution in [3.05, 3.63) is 11.5 Å². The van der Waals surface area contributed by atoms with Gasteiger partial charge in [-0.2, -0.15) is 4.72 Å². The Balaban J connectivity index is 2.97. The van der Waals surface area contributed by atoms with Crippen LogP contribution in [0.1, 0.15) is 19.8 Å². The van der Waals surface area contributed by atoms with Crippen LogP contribution in [0.4, 0.5) is 0 Å². The standard InChI is InChI=1S/C10H14ClN3O2S/c1-4-6-8(5-2)13-17(15,16)10-9(11)14(3)7-12-10/h2,7-8,13H,4,6H2,1,3H3. The average Bonchev–Trinajstić information content (AvgIpc) is 2.59. The molecule has 1 atom stereocenters. The fraction of sp³-hybridized carbons (Fsp3) is 0.500. The number of imidazole rings is 1. The molecule has 0 amide bonds. The van der Waals surface area contributed by atoms with Crippen LogP contribution in [0.15, 0.2) is 11.4 Å². The predicted molar refractivity (Wildman–Crippen MR) is 66.1 cm³/mol. The highest BCUT2D eigenvalue weighted by molar-refractivity contribution is 7.89. The molecular weight excluding hydrogens is 262 g/mol. The Morgan fingerprint density at radius 3 is 2.76 bits per heavy atom. The third-order valence-electron chi connectivity index (χ3n) is 2.16. The Morgan fingerprint density at radius 1 is 1.71 bits per heavy atom. The van der Waals surface area contributed by atoms with Crippen LogP contribution in [0.2, 0.25) is 5.15 Å². The zero-order valence-corrected chi connectivity index (χ0v) is 11.2. The van der Waals surface area contributed by atoms with Crippen LogP contribution in [0, 0.1) is 12.3 Å². The highest BCUT2D eigenvalue weighted by Crippen LogP contribution is 2.18. The molecule has 17 heavy (non-hydrogen) atoms. The fourth-order valence-corrected chi connectivity index (χ4v) is 2.90. The third kappa shape index (κ3) is 3.22. The van der Waals surface area contributed by atoms with Gasteiger partial charge in [-0.3, -0.25) is 0 Å². The molecule has 1 unspecified atom stereocenters. The van der Waals surface area contributed by atoms with Gasteiger partial charge in [0.15, 0.2) is 0 Å². The average molecular weight is 276 g/mol. The molecule has 0 fully saturated rings. The lowest BCUT2D eigenvalue weighted by Gasteiger charge is -2.11. The van der Waals surface area contributed by atoms with E-state index in [1.54, 1.807) is 7.05 Å². The van der Waals surface area contributed by atoms with Crippen molar-refractivity contribution in [2.75, 3.05) is 0 Å². The fourth-order valence-electron chi connectivity index (χ4n) is 1.28. The molecule has 5 nitrogen and oxygen atoms in total. The van der Waals surface area contributed by atoms with Crippen LogP contribution in [-0.2, 0) is 17.1 Å². The summed E-state index contributed by atoms with van der Waals surface area (Å²) in [5.74, 6) is 2.39. The number of halogens is 1. The van der Waals surface area contributed by atoms with E-state index in [0.29, 0.717) is 6.42 Å². The van der Waals surface area contributed by atoms with Crippen molar-refractivity contribution >= 4 is 21.6 Å². The monoisotopic (exact) mass is 275 g/mol. The van der Waals surface area contributed by atoms with Gasteiger partial charge in [0.2, 0.25) is 5.03 Å². The first kappa shape index (κ1) is 14.0. The topological polar surface area (TPSA) is 64.0 Å². The van der Waals surface area contributed by atoms with E-state index in [4.69, 9.17) is 18.0 Å². The highest BCUT2D eigenvalue weighted by Gasteiger charge is 2.24. The third-order valence-corrected chi connectivity index (χ3v) is 4.13. The van der Waals surface area contributed by atoms with Crippen molar-refractivity contribution < 1.29 is 8.42 Å². The van der Waals surface area contributed by atoms with Crippen LogP contribution in [0.3, 0.4) is 0 Å². The molecule has 0 bridgehead atoms. The minimum atomic E-state index is -3.76. The number of sulfonamides is 1. The van der Waals surface area contributed by atoms with Gasteiger partial charge in [0.1, 0.15) is 5.15 Å². The van der Waals surface area contributed by atoms with E-state index in [1.807, 2.05) is 6.92 Å². The van der Waals surface area contributed by atoms with E-state index < -0.39 is 16.1 Å². The molecule has 0 spiro atoms. The van der Waals surface area contributed by atoms with Crippen LogP contribution in [-0.4, -0.2) is 24.0 Å². The number of hydrogen-bond acceptors (Lipinski definition) is 3. The molecule has 0 aliphatic heterocycles. The smallest absolute Gasteiger partial charge is 0.262 e. The highest BCUT2D eigenvalue weighted by atomic mass is 35.5. The van der Waals surface area contributed by atoms with E-state index in [2.05, 4.69) is 15.6 Å². The predicted octanol–water partition coefficient (Wildman–Crippen LogP) is 1.15. The number of terminal acetylenes is 1. The summed E-state index contributed by atoms with van der Waals surface area (Å²) in [5, 5.41) is -0.136. The zero-order valence-electron chi connectivity index (χ0n) is 9.64. The van der Waals surface area contributed by atoms with E-state index in [-0.39, 0.29) is 10.2 Å². The maximum atomic E-state index is 11.9. The molecule has 0 radical (unpaired) electrons. The van der Waals surface area contributed by atoms with Crippen molar-refractivity contribution in [2.24, 2.45) is 7.05 Å². The summed E-state index contributed by atoms with van der Waals surface area (Å²) in [4.78, 5) is 3.75. The van der Waals surface area contributed by atoms with Gasteiger partial charge in [0.25, 0.3) is 10.0 Å². The normalized spacial score (nSPS) is 13.3. The summed E-state index contributed by atoms with van der Waals surface area (Å²) in [6.07, 6.45) is 7.94. The maximum Gasteiger partial charge on any atom is 0.262 e. The summed E-state index contributed by atoms with van der Waals surface area (Å²) in [5.41, 5.74) is 0. The zero-order chi connectivity index (χ0) is 13.1. The Morgan fingerprint density at radius 2 is 2.35 bits per heavy atom. The number of rotatable bonds is 5. The Hall–Kier alpha value is -1.03. The molecule has 7 heteroatoms. The quantitative estimate of drug-likeness (QED) is 0.820. The number of aromatic nitrogens is 2. The van der Waals surface area contributed by atoms with Crippen molar-refractivity contribution in [2.45, 2.75) is 30.8 Å². The van der Waals surface area contributed by atoms with E-state index in [0.717, 1.165) is 6.42 Å². The molecule has 1 aromatic heterocycles. The van der Waals surface area contributed by atoms with Crippen LogP contribution >= 0.6 is 11.6 Å². The van der Waals surface area contributed by atoms with Gasteiger partial charge in [-0.05, 0) is 6.42 Å². The second-order valence-corrected chi connectivity index (χ2v) is 5.57. The summed E-state index contributed by atoms with van der Waals surface area (Å²) >= 11 is 5.83. The lowest BCUT2D eigenvalue weighted by atomic mass is 10.2. The molecule has 0 saturated heterocycles. The van der Waals surface area contributed by atoms with Gasteiger partial charge in [-0.1, -0.05) is 30.9 Å². The summed E-state index contributed by atoms with van der Waals surface area (Å²) < 4.78 is 27.7. The van der Waals surface area contributed by atoms with E-state index >= 15 is 0 Å². The largest absolute Gasteiger partial charge is 0.324 e. The Labute approximate surface area is 106 Å². The van der Waals surface area contributed by atoms with Gasteiger partial charge >= 0.3 is 0 Å². The first-order chi connectivity index (χ1) is 7.92. The summed E-state index contributed by atoms with van der Waals surface area (Å²) in [6.45, 7) is 1.92. The molecule has 0 aliphatic carbocycles. The minimum Gasteiger partial charge on any atom is -0.324 e. The van der Waals surface area contributed by atoms with Gasteiger partial charge in [-0.25, -0.2) is 13.4 Å². The molecule has 0 aromatic carbocycles. The molecule has 1 rings (SSSR count). The SMILES string of the molecule is C#CC(CCC)NS(=O)(=O)c1ncn(C)c1Cl. The van der Waals surface area contributed by atoms with Crippen molar-refractivity contribution in [3.8, 4) is 12.3 Å². The second kappa shape index (κ2) is 5.54. The number of nitrogens with one attached hydrogen (secondary N) is 1. The lowest BCUT2D eigenvalue weighted by Crippen LogP contribution is -2.34. The van der Waals surface area contributed by atoms with Gasteiger partial charge < -0.3 is 4.57 Å². The van der Waals surface area contributed by atoms with Crippen molar-refractivity contribution in [1.29, 1.82) is 0 Å². The van der Waals surface area contributed by atoms with Crippen LogP contribution in [0.25, 0.3) is 0 Å². The van der Waals surface area contributed by atoms with Gasteiger partial charge in [0, 0.05) is 7.05 Å². The first-order valence-electron chi connectivity index (χ1n) is 5.07. The number of hydrogen-bond donors (Lipinski definition) is 1. The molecule has 1 heterocycles. The van der Waals surface area contributed by atoms with Crippen LogP contribution in [0.5, 0.6) is 0 Å². The van der Waals surface area contributed by atoms with Crippen LogP contribution < -0.4 is 4.72 Å². The molecule has 94 valence electrons. The number of aryl methyl sites for hydroxylation is 1. The maximum absolute atomic E-state index is 11.9. The first-order valence-corrected chi connectivity index (χ1v) is 6.93. The molecule has 1 N–H and O–H groups in total. The minimum absolute atomic E-state index is 0.0600. The Bertz CT molecular complexity index is 530. The molecule has 0 aliphatic rings. The second-order valence-electron chi connectivity index (χ2n) is 3.58. The van der Waals surface area contributed by atoms with E-state index in [9.17, 15) is 8.42 Å². The molecule has 0 saturated carbocycles. The summed E-state index contributed by atoms with van der Waals surface area (Å²) in [6, 6.07) is -0.539. The number of nitrogens with zero attached hydrogens (tertiary/aromatic N) is 2. The molecular formula is C10H14ClN3O2S. The van der Waals surface area contributed by atoms with Gasteiger partial charge in [0.05, 0.1) is 12.4 Å². The summed E-state index contributed by atoms with van der Waals surface area (Å²) in [7, 11) is -2.15. The molecule has 1 aromatic rings.